The van der Waals surface area contributed by atoms with E-state index in [9.17, 15) is 4.79 Å². The molecule has 0 fully saturated rings. The minimum atomic E-state index is -0.237. The molecule has 78 valence electrons. The van der Waals surface area contributed by atoms with Crippen LogP contribution in [0.2, 0.25) is 0 Å². The quantitative estimate of drug-likeness (QED) is 0.682. The van der Waals surface area contributed by atoms with E-state index < -0.39 is 0 Å². The van der Waals surface area contributed by atoms with E-state index in [-0.39, 0.29) is 23.5 Å². The Balaban J connectivity index is 4.06. The molecule has 2 unspecified atom stereocenters. The van der Waals surface area contributed by atoms with Crippen molar-refractivity contribution in [3.8, 4) is 0 Å². The summed E-state index contributed by atoms with van der Waals surface area (Å²) < 4.78 is 4.62. The van der Waals surface area contributed by atoms with E-state index in [1.54, 1.807) is 0 Å². The maximum Gasteiger partial charge on any atom is 0.322 e. The summed E-state index contributed by atoms with van der Waals surface area (Å²) >= 11 is 0. The zero-order chi connectivity index (χ0) is 10.6. The predicted molar refractivity (Wildman–Crippen MR) is 53.5 cm³/mol. The molecule has 0 aromatic rings. The van der Waals surface area contributed by atoms with Crippen LogP contribution in [-0.2, 0) is 9.53 Å². The highest BCUT2D eigenvalue weighted by Crippen LogP contribution is 2.18. The van der Waals surface area contributed by atoms with Crippen LogP contribution in [0.4, 0.5) is 0 Å². The minimum Gasteiger partial charge on any atom is -0.468 e. The van der Waals surface area contributed by atoms with Gasteiger partial charge in [0.15, 0.2) is 0 Å². The number of hydrogen-bond acceptors (Lipinski definition) is 3. The first kappa shape index (κ1) is 12.4. The Labute approximate surface area is 80.8 Å². The van der Waals surface area contributed by atoms with Crippen LogP contribution in [0.1, 0.15) is 34.6 Å². The molecule has 0 aliphatic carbocycles. The molecule has 0 aliphatic rings. The van der Waals surface area contributed by atoms with E-state index in [1.807, 2.05) is 6.92 Å². The fraction of sp³-hybridized carbons (Fsp3) is 0.900. The second kappa shape index (κ2) is 4.61. The van der Waals surface area contributed by atoms with Crippen LogP contribution in [0, 0.1) is 5.41 Å². The van der Waals surface area contributed by atoms with Crippen LogP contribution < -0.4 is 5.32 Å². The van der Waals surface area contributed by atoms with Crippen LogP contribution in [-0.4, -0.2) is 25.2 Å². The number of hydrogen-bond donors (Lipinski definition) is 1. The molecule has 0 saturated carbocycles. The number of methoxy groups -OCH3 is 1. The molecule has 0 aromatic heterocycles. The third-order valence-electron chi connectivity index (χ3n) is 2.35. The Kier molecular flexibility index (Phi) is 4.40. The lowest BCUT2D eigenvalue weighted by molar-refractivity contribution is -0.143. The number of esters is 1. The lowest BCUT2D eigenvalue weighted by Gasteiger charge is -2.30. The van der Waals surface area contributed by atoms with Crippen LogP contribution in [0.3, 0.4) is 0 Å². The molecule has 0 aliphatic heterocycles. The molecule has 0 saturated heterocycles. The summed E-state index contributed by atoms with van der Waals surface area (Å²) in [7, 11) is 1.41. The molecule has 0 rings (SSSR count). The topological polar surface area (TPSA) is 38.3 Å². The van der Waals surface area contributed by atoms with Crippen molar-refractivity contribution in [1.29, 1.82) is 0 Å². The van der Waals surface area contributed by atoms with Gasteiger partial charge in [-0.25, -0.2) is 0 Å². The Hall–Kier alpha value is -0.570. The number of rotatable bonds is 3. The summed E-state index contributed by atoms with van der Waals surface area (Å²) in [6, 6.07) is 0.0424. The van der Waals surface area contributed by atoms with Crippen LogP contribution in [0.15, 0.2) is 0 Å². The predicted octanol–water partition coefficient (Wildman–Crippen LogP) is 1.57. The standard InChI is InChI=1S/C10H21NO2/c1-7(9(12)13-6)11-8(2)10(3,4)5/h7-8,11H,1-6H3. The average Bonchev–Trinajstić information content (AvgIpc) is 2.01. The normalized spacial score (nSPS) is 16.5. The molecule has 0 spiro atoms. The SMILES string of the molecule is COC(=O)C(C)NC(C)C(C)(C)C. The number of carbonyl (C=O) groups excluding carboxylic acids is 1. The lowest BCUT2D eigenvalue weighted by atomic mass is 9.87. The van der Waals surface area contributed by atoms with Crippen molar-refractivity contribution in [2.45, 2.75) is 46.7 Å². The summed E-state index contributed by atoms with van der Waals surface area (Å²) in [5, 5.41) is 3.20. The van der Waals surface area contributed by atoms with Crippen LogP contribution in [0.25, 0.3) is 0 Å². The Morgan fingerprint density at radius 1 is 1.31 bits per heavy atom. The summed E-state index contributed by atoms with van der Waals surface area (Å²) in [5.74, 6) is -0.212. The van der Waals surface area contributed by atoms with Gasteiger partial charge in [-0.2, -0.15) is 0 Å². The Morgan fingerprint density at radius 3 is 2.08 bits per heavy atom. The summed E-state index contributed by atoms with van der Waals surface area (Å²) in [6.45, 7) is 10.3. The van der Waals surface area contributed by atoms with Crippen molar-refractivity contribution in [3.05, 3.63) is 0 Å². The smallest absolute Gasteiger partial charge is 0.322 e. The first-order valence-corrected chi connectivity index (χ1v) is 4.63. The van der Waals surface area contributed by atoms with E-state index in [0.29, 0.717) is 0 Å². The molecule has 3 heteroatoms. The number of nitrogens with one attached hydrogen (secondary N) is 1. The van der Waals surface area contributed by atoms with Crippen molar-refractivity contribution >= 4 is 5.97 Å². The second-order valence-corrected chi connectivity index (χ2v) is 4.50. The molecule has 1 N–H and O–H groups in total. The van der Waals surface area contributed by atoms with Crippen LogP contribution in [0.5, 0.6) is 0 Å². The van der Waals surface area contributed by atoms with Gasteiger partial charge in [-0.15, -0.1) is 0 Å². The van der Waals surface area contributed by atoms with Gasteiger partial charge < -0.3 is 10.1 Å². The molecule has 0 amide bonds. The van der Waals surface area contributed by atoms with Crippen molar-refractivity contribution < 1.29 is 9.53 Å². The monoisotopic (exact) mass is 187 g/mol. The lowest BCUT2D eigenvalue weighted by Crippen LogP contribution is -2.46. The largest absolute Gasteiger partial charge is 0.468 e. The highest BCUT2D eigenvalue weighted by Gasteiger charge is 2.23. The molecule has 3 nitrogen and oxygen atoms in total. The zero-order valence-corrected chi connectivity index (χ0v) is 9.47. The van der Waals surface area contributed by atoms with Gasteiger partial charge in [0, 0.05) is 6.04 Å². The third kappa shape index (κ3) is 4.27. The van der Waals surface area contributed by atoms with E-state index in [2.05, 4.69) is 37.7 Å². The first-order valence-electron chi connectivity index (χ1n) is 4.63. The Morgan fingerprint density at radius 2 is 1.77 bits per heavy atom. The highest BCUT2D eigenvalue weighted by molar-refractivity contribution is 5.75. The van der Waals surface area contributed by atoms with Crippen molar-refractivity contribution in [2.75, 3.05) is 7.11 Å². The molecule has 2 atom stereocenters. The molecule has 13 heavy (non-hydrogen) atoms. The highest BCUT2D eigenvalue weighted by atomic mass is 16.5. The molecule has 0 heterocycles. The fourth-order valence-corrected chi connectivity index (χ4v) is 0.870. The van der Waals surface area contributed by atoms with Crippen molar-refractivity contribution in [2.24, 2.45) is 5.41 Å². The van der Waals surface area contributed by atoms with Gasteiger partial charge >= 0.3 is 5.97 Å². The summed E-state index contributed by atoms with van der Waals surface area (Å²) in [4.78, 5) is 11.1. The average molecular weight is 187 g/mol. The molecular weight excluding hydrogens is 166 g/mol. The van der Waals surface area contributed by atoms with Gasteiger partial charge in [0.1, 0.15) is 6.04 Å². The first-order chi connectivity index (χ1) is 5.79. The zero-order valence-electron chi connectivity index (χ0n) is 9.47. The van der Waals surface area contributed by atoms with E-state index in [4.69, 9.17) is 0 Å². The van der Waals surface area contributed by atoms with Gasteiger partial charge in [-0.3, -0.25) is 4.79 Å². The minimum absolute atomic E-state index is 0.155. The van der Waals surface area contributed by atoms with Gasteiger partial charge in [0.25, 0.3) is 0 Å². The van der Waals surface area contributed by atoms with Crippen molar-refractivity contribution in [1.82, 2.24) is 5.32 Å². The summed E-state index contributed by atoms with van der Waals surface area (Å²) in [5.41, 5.74) is 0.155. The maximum atomic E-state index is 11.1. The van der Waals surface area contributed by atoms with Gasteiger partial charge in [-0.05, 0) is 19.3 Å². The van der Waals surface area contributed by atoms with E-state index in [0.717, 1.165) is 0 Å². The fourth-order valence-electron chi connectivity index (χ4n) is 0.870. The van der Waals surface area contributed by atoms with Gasteiger partial charge in [0.05, 0.1) is 7.11 Å². The van der Waals surface area contributed by atoms with Crippen LogP contribution >= 0.6 is 0 Å². The molecule has 0 bridgehead atoms. The van der Waals surface area contributed by atoms with E-state index >= 15 is 0 Å². The molecule has 0 radical (unpaired) electrons. The number of ether oxygens (including phenoxy) is 1. The third-order valence-corrected chi connectivity index (χ3v) is 2.35. The second-order valence-electron chi connectivity index (χ2n) is 4.50. The summed E-state index contributed by atoms with van der Waals surface area (Å²) in [6.07, 6.45) is 0. The van der Waals surface area contributed by atoms with Gasteiger partial charge in [-0.1, -0.05) is 20.8 Å². The van der Waals surface area contributed by atoms with Gasteiger partial charge in [0.2, 0.25) is 0 Å². The number of carbonyl (C=O) groups is 1. The molecule has 0 aromatic carbocycles. The van der Waals surface area contributed by atoms with E-state index in [1.165, 1.54) is 7.11 Å². The Bertz CT molecular complexity index is 172. The maximum absolute atomic E-state index is 11.1. The molecular formula is C10H21NO2. The van der Waals surface area contributed by atoms with Crippen molar-refractivity contribution in [3.63, 3.8) is 0 Å².